The van der Waals surface area contributed by atoms with Crippen molar-refractivity contribution in [2.45, 2.75) is 84.6 Å². The van der Waals surface area contributed by atoms with Crippen molar-refractivity contribution in [3.63, 3.8) is 0 Å². The quantitative estimate of drug-likeness (QED) is 0.130. The number of nitrogens with zero attached hydrogens (tertiary/aromatic N) is 5. The van der Waals surface area contributed by atoms with Gasteiger partial charge in [0.25, 0.3) is 0 Å². The molecular weight excluding hydrogens is 855 g/mol. The van der Waals surface area contributed by atoms with Gasteiger partial charge in [0.05, 0.1) is 28.1 Å². The standard InChI is InChI=1S/C23H21N4O.C19H26GeN.Ir/c1-13-10-17-21(14(2)25-13)27(23(3,4)5)22(26-17)15-11-19-20(24-12-15)16-8-6-7-9-18(16)28-19;1-19(2,3)13-16-12-18(15-10-8-7-9-11-15)21-14-17(16)20(4,5)6;/h6-11H,1-5H3;7-10,12,14H,13H2,1-6H3;/q2*-1;. The van der Waals surface area contributed by atoms with Gasteiger partial charge in [-0.1, -0.05) is 29.8 Å². The molecule has 0 N–H and O–H groups in total. The van der Waals surface area contributed by atoms with Crippen LogP contribution in [0.2, 0.25) is 17.3 Å². The monoisotopic (exact) mass is 904 g/mol. The fraction of sp³-hybridized carbons (Fsp3) is 0.333. The molecule has 5 aromatic heterocycles. The number of pyridine rings is 3. The first-order valence-electron chi connectivity index (χ1n) is 17.0. The van der Waals surface area contributed by atoms with Crippen LogP contribution in [0.4, 0.5) is 0 Å². The van der Waals surface area contributed by atoms with Crippen molar-refractivity contribution in [2.24, 2.45) is 5.41 Å². The van der Waals surface area contributed by atoms with Crippen LogP contribution in [0.25, 0.3) is 55.7 Å². The molecule has 7 aromatic rings. The SMILES string of the molecule is CC(C)(C)Cc1cc(-c2[c-]cccc2)nc[c]1[Ge]([CH3])([CH3])[CH3].Cc1cc2nc(-c3[c-]nc4c(c3)oc3ccccc34)n(C(C)(C)C)c2c(C)n1.[Ir]. The Kier molecular flexibility index (Phi) is 10.7. The third-order valence-corrected chi connectivity index (χ3v) is 12.8. The number of fused-ring (bicyclic) bond motifs is 4. The van der Waals surface area contributed by atoms with E-state index in [4.69, 9.17) is 14.4 Å². The van der Waals surface area contributed by atoms with Gasteiger partial charge >= 0.3 is 132 Å². The Morgan fingerprint density at radius 2 is 1.56 bits per heavy atom. The summed E-state index contributed by atoms with van der Waals surface area (Å²) in [5, 5.41) is 1.00. The van der Waals surface area contributed by atoms with Gasteiger partial charge in [0.15, 0.2) is 0 Å². The van der Waals surface area contributed by atoms with Crippen molar-refractivity contribution in [3.05, 3.63) is 102 Å². The fourth-order valence-corrected chi connectivity index (χ4v) is 9.82. The van der Waals surface area contributed by atoms with Gasteiger partial charge in [-0.2, -0.15) is 0 Å². The van der Waals surface area contributed by atoms with Crippen LogP contribution in [0, 0.1) is 31.5 Å². The molecule has 0 aliphatic heterocycles. The Labute approximate surface area is 312 Å². The summed E-state index contributed by atoms with van der Waals surface area (Å²) >= 11 is -1.90. The minimum Gasteiger partial charge on any atom is -0.475 e. The van der Waals surface area contributed by atoms with E-state index in [1.807, 2.05) is 68.4 Å². The molecule has 2 aromatic carbocycles. The molecule has 0 aliphatic rings. The van der Waals surface area contributed by atoms with E-state index in [-0.39, 0.29) is 25.6 Å². The Morgan fingerprint density at radius 1 is 0.840 bits per heavy atom. The predicted octanol–water partition coefficient (Wildman–Crippen LogP) is 10.2. The second-order valence-corrected chi connectivity index (χ2v) is 26.8. The van der Waals surface area contributed by atoms with Gasteiger partial charge in [0, 0.05) is 42.2 Å². The first-order valence-corrected chi connectivity index (χ1v) is 24.4. The van der Waals surface area contributed by atoms with E-state index in [9.17, 15) is 0 Å². The third kappa shape index (κ3) is 7.96. The smallest absolute Gasteiger partial charge is 0.125 e. The maximum absolute atomic E-state index is 6.03. The van der Waals surface area contributed by atoms with Crippen molar-refractivity contribution in [1.82, 2.24) is 24.5 Å². The number of hydrogen-bond acceptors (Lipinski definition) is 5. The Morgan fingerprint density at radius 3 is 2.22 bits per heavy atom. The number of para-hydroxylation sites is 1. The molecule has 50 heavy (non-hydrogen) atoms. The number of aryl methyl sites for hydroxylation is 2. The number of furan rings is 1. The van der Waals surface area contributed by atoms with Crippen LogP contribution in [-0.2, 0) is 32.1 Å². The Hall–Kier alpha value is -3.65. The van der Waals surface area contributed by atoms with Crippen molar-refractivity contribution in [2.75, 3.05) is 0 Å². The first-order chi connectivity index (χ1) is 23.0. The van der Waals surface area contributed by atoms with Gasteiger partial charge in [-0.25, -0.2) is 0 Å². The molecule has 8 heteroatoms. The molecule has 0 saturated carbocycles. The zero-order valence-electron chi connectivity index (χ0n) is 31.1. The summed E-state index contributed by atoms with van der Waals surface area (Å²) in [6.45, 7) is 17.5. The molecule has 0 saturated heterocycles. The van der Waals surface area contributed by atoms with E-state index < -0.39 is 13.3 Å². The number of hydrogen-bond donors (Lipinski definition) is 0. The number of rotatable bonds is 4. The summed E-state index contributed by atoms with van der Waals surface area (Å²) < 4.78 is 9.79. The Bertz CT molecular complexity index is 2290. The first kappa shape index (κ1) is 37.6. The van der Waals surface area contributed by atoms with Gasteiger partial charge < -0.3 is 14.0 Å². The van der Waals surface area contributed by atoms with Crippen LogP contribution in [0.3, 0.4) is 0 Å². The summed E-state index contributed by atoms with van der Waals surface area (Å²) in [6.07, 6.45) is 6.44. The molecule has 5 heterocycles. The number of imidazole rings is 1. The minimum absolute atomic E-state index is 0. The van der Waals surface area contributed by atoms with Crippen LogP contribution in [0.5, 0.6) is 0 Å². The average molecular weight is 903 g/mol. The van der Waals surface area contributed by atoms with E-state index in [2.05, 4.69) is 104 Å². The molecular formula is C42H47GeIrN5O-2. The van der Waals surface area contributed by atoms with Gasteiger partial charge in [-0.15, -0.1) is 0 Å². The second kappa shape index (κ2) is 14.2. The van der Waals surface area contributed by atoms with E-state index in [1.54, 1.807) is 0 Å². The molecule has 0 atom stereocenters. The van der Waals surface area contributed by atoms with E-state index in [0.717, 1.165) is 73.6 Å². The molecule has 7 rings (SSSR count). The summed E-state index contributed by atoms with van der Waals surface area (Å²) in [5.74, 6) is 8.15. The summed E-state index contributed by atoms with van der Waals surface area (Å²) in [6, 6.07) is 25.6. The molecule has 6 nitrogen and oxygen atoms in total. The van der Waals surface area contributed by atoms with E-state index in [1.165, 1.54) is 9.96 Å². The average Bonchev–Trinajstić information content (AvgIpc) is 3.59. The van der Waals surface area contributed by atoms with Crippen molar-refractivity contribution in [3.8, 4) is 22.6 Å². The van der Waals surface area contributed by atoms with Crippen molar-refractivity contribution in [1.29, 1.82) is 0 Å². The summed E-state index contributed by atoms with van der Waals surface area (Å²) in [4.78, 5) is 18.9. The fourth-order valence-electron chi connectivity index (χ4n) is 6.51. The van der Waals surface area contributed by atoms with Crippen LogP contribution in [0.1, 0.15) is 58.5 Å². The van der Waals surface area contributed by atoms with Crippen LogP contribution < -0.4 is 4.40 Å². The molecule has 0 fully saturated rings. The van der Waals surface area contributed by atoms with Gasteiger partial charge in [-0.3, -0.25) is 9.97 Å². The zero-order chi connectivity index (χ0) is 35.3. The third-order valence-electron chi connectivity index (χ3n) is 8.51. The molecule has 0 spiro atoms. The van der Waals surface area contributed by atoms with E-state index in [0.29, 0.717) is 5.41 Å². The largest absolute Gasteiger partial charge is 0.475 e. The molecule has 0 bridgehead atoms. The zero-order valence-corrected chi connectivity index (χ0v) is 35.6. The van der Waals surface area contributed by atoms with Crippen LogP contribution in [0.15, 0.2) is 77.3 Å². The summed E-state index contributed by atoms with van der Waals surface area (Å²) in [5.41, 5.74) is 10.9. The minimum atomic E-state index is -1.90. The molecule has 1 radical (unpaired) electrons. The number of benzene rings is 2. The normalized spacial score (nSPS) is 12.2. The molecule has 261 valence electrons. The van der Waals surface area contributed by atoms with Crippen molar-refractivity contribution >= 4 is 50.8 Å². The molecule has 0 aliphatic carbocycles. The van der Waals surface area contributed by atoms with Gasteiger partial charge in [0.1, 0.15) is 5.58 Å². The van der Waals surface area contributed by atoms with E-state index >= 15 is 0 Å². The topological polar surface area (TPSA) is 69.6 Å². The molecule has 0 unspecified atom stereocenters. The molecule has 0 amide bonds. The maximum Gasteiger partial charge on any atom is 0.125 e. The Balaban J connectivity index is 0.000000199. The van der Waals surface area contributed by atoms with Crippen LogP contribution in [-0.4, -0.2) is 37.8 Å². The predicted molar refractivity (Wildman–Crippen MR) is 206 cm³/mol. The van der Waals surface area contributed by atoms with Gasteiger partial charge in [-0.05, 0) is 52.9 Å². The van der Waals surface area contributed by atoms with Crippen molar-refractivity contribution < 1.29 is 24.5 Å². The number of aromatic nitrogens is 5. The van der Waals surface area contributed by atoms with Gasteiger partial charge in [0.2, 0.25) is 0 Å². The maximum atomic E-state index is 6.03. The second-order valence-electron chi connectivity index (χ2n) is 16.2. The van der Waals surface area contributed by atoms with Crippen LogP contribution >= 0.6 is 0 Å². The summed E-state index contributed by atoms with van der Waals surface area (Å²) in [7, 11) is 0.